The molecule has 0 amide bonds. The van der Waals surface area contributed by atoms with Crippen LogP contribution in [0.1, 0.15) is 103 Å². The number of carboxylic acid groups (broad SMARTS) is 2. The van der Waals surface area contributed by atoms with E-state index in [1.807, 2.05) is 6.92 Å². The first-order chi connectivity index (χ1) is 11.0. The van der Waals surface area contributed by atoms with Gasteiger partial charge in [-0.25, -0.2) is 0 Å². The van der Waals surface area contributed by atoms with Crippen LogP contribution in [0.25, 0.3) is 0 Å². The third-order valence-corrected chi connectivity index (χ3v) is 4.36. The van der Waals surface area contributed by atoms with E-state index in [0.29, 0.717) is 18.8 Å². The highest BCUT2D eigenvalue weighted by molar-refractivity contribution is 5.67. The van der Waals surface area contributed by atoms with E-state index in [1.54, 1.807) is 0 Å². The van der Waals surface area contributed by atoms with Crippen LogP contribution in [0, 0.1) is 5.92 Å². The van der Waals surface area contributed by atoms with Gasteiger partial charge in [0.2, 0.25) is 0 Å². The van der Waals surface area contributed by atoms with Gasteiger partial charge in [-0.3, -0.25) is 9.59 Å². The van der Waals surface area contributed by atoms with Gasteiger partial charge in [0.15, 0.2) is 0 Å². The maximum atomic E-state index is 10.5. The predicted octanol–water partition coefficient (Wildman–Crippen LogP) is 5.64. The normalized spacial score (nSPS) is 12.2. The van der Waals surface area contributed by atoms with Gasteiger partial charge in [0, 0.05) is 12.8 Å². The van der Waals surface area contributed by atoms with Gasteiger partial charge in [-0.1, -0.05) is 84.0 Å². The minimum atomic E-state index is -0.681. The highest BCUT2D eigenvalue weighted by Gasteiger charge is 2.06. The Morgan fingerprint density at radius 2 is 1.04 bits per heavy atom. The molecule has 0 heterocycles. The molecule has 0 aromatic heterocycles. The van der Waals surface area contributed by atoms with E-state index in [4.69, 9.17) is 10.2 Å². The Bertz CT molecular complexity index is 302. The van der Waals surface area contributed by atoms with E-state index < -0.39 is 11.9 Å². The van der Waals surface area contributed by atoms with Crippen molar-refractivity contribution in [2.24, 2.45) is 5.92 Å². The number of carbonyl (C=O) groups is 2. The maximum Gasteiger partial charge on any atom is 0.303 e. The molecule has 0 saturated carbocycles. The van der Waals surface area contributed by atoms with Gasteiger partial charge in [-0.05, 0) is 12.3 Å². The largest absolute Gasteiger partial charge is 0.481 e. The van der Waals surface area contributed by atoms with Crippen LogP contribution in [0.3, 0.4) is 0 Å². The van der Waals surface area contributed by atoms with Crippen LogP contribution in [0.4, 0.5) is 0 Å². The number of unbranched alkanes of at least 4 members (excludes halogenated alkanes) is 11. The van der Waals surface area contributed by atoms with E-state index in [9.17, 15) is 9.59 Å². The first-order valence-corrected chi connectivity index (χ1v) is 9.46. The zero-order valence-electron chi connectivity index (χ0n) is 14.9. The van der Waals surface area contributed by atoms with Gasteiger partial charge in [-0.15, -0.1) is 0 Å². The third-order valence-electron chi connectivity index (χ3n) is 4.36. The Morgan fingerprint density at radius 3 is 1.43 bits per heavy atom. The van der Waals surface area contributed by atoms with Crippen molar-refractivity contribution in [1.29, 1.82) is 0 Å². The van der Waals surface area contributed by atoms with Gasteiger partial charge in [0.25, 0.3) is 0 Å². The molecule has 0 aromatic carbocycles. The summed E-state index contributed by atoms with van der Waals surface area (Å²) in [6.07, 6.45) is 16.1. The van der Waals surface area contributed by atoms with Crippen molar-refractivity contribution in [3.63, 3.8) is 0 Å². The lowest BCUT2D eigenvalue weighted by Crippen LogP contribution is -2.03. The summed E-state index contributed by atoms with van der Waals surface area (Å²) in [7, 11) is 0. The molecule has 23 heavy (non-hydrogen) atoms. The van der Waals surface area contributed by atoms with Crippen molar-refractivity contribution in [1.82, 2.24) is 0 Å². The van der Waals surface area contributed by atoms with Gasteiger partial charge >= 0.3 is 11.9 Å². The average molecular weight is 328 g/mol. The molecular formula is C19H36O4. The molecule has 2 N–H and O–H groups in total. The van der Waals surface area contributed by atoms with Crippen molar-refractivity contribution in [3.8, 4) is 0 Å². The Kier molecular flexibility index (Phi) is 15.1. The molecule has 0 fully saturated rings. The highest BCUT2D eigenvalue weighted by Crippen LogP contribution is 2.16. The summed E-state index contributed by atoms with van der Waals surface area (Å²) < 4.78 is 0. The van der Waals surface area contributed by atoms with Crippen LogP contribution in [0.5, 0.6) is 0 Å². The molecule has 4 nitrogen and oxygen atoms in total. The number of rotatable bonds is 17. The van der Waals surface area contributed by atoms with Crippen LogP contribution in [-0.4, -0.2) is 22.2 Å². The van der Waals surface area contributed by atoms with Gasteiger partial charge < -0.3 is 10.2 Å². The fourth-order valence-electron chi connectivity index (χ4n) is 2.94. The lowest BCUT2D eigenvalue weighted by Gasteiger charge is -2.08. The first kappa shape index (κ1) is 21.9. The quantitative estimate of drug-likeness (QED) is 0.339. The zero-order chi connectivity index (χ0) is 17.3. The maximum absolute atomic E-state index is 10.5. The summed E-state index contributed by atoms with van der Waals surface area (Å²) in [5.41, 5.74) is 0. The Hall–Kier alpha value is -1.06. The molecule has 0 radical (unpaired) electrons. The lowest BCUT2D eigenvalue weighted by molar-refractivity contribution is -0.138. The summed E-state index contributed by atoms with van der Waals surface area (Å²) in [6, 6.07) is 0. The summed E-state index contributed by atoms with van der Waals surface area (Å²) in [5.74, 6) is -1.05. The Morgan fingerprint density at radius 1 is 0.652 bits per heavy atom. The number of hydrogen-bond donors (Lipinski definition) is 2. The standard InChI is InChI=1S/C19H36O4/c1-17(16-19(22)23)14-12-10-8-6-4-2-3-5-7-9-11-13-15-18(20)21/h17H,2-16H2,1H3,(H,20,21)(H,22,23). The number of aliphatic carboxylic acids is 2. The lowest BCUT2D eigenvalue weighted by atomic mass is 9.99. The summed E-state index contributed by atoms with van der Waals surface area (Å²) in [4.78, 5) is 20.9. The molecular weight excluding hydrogens is 292 g/mol. The van der Waals surface area contributed by atoms with Crippen LogP contribution < -0.4 is 0 Å². The smallest absolute Gasteiger partial charge is 0.303 e. The molecule has 0 aliphatic rings. The summed E-state index contributed by atoms with van der Waals surface area (Å²) in [6.45, 7) is 2.02. The zero-order valence-corrected chi connectivity index (χ0v) is 14.9. The fraction of sp³-hybridized carbons (Fsp3) is 0.895. The minimum absolute atomic E-state index is 0.302. The van der Waals surface area contributed by atoms with Crippen LogP contribution in [0.15, 0.2) is 0 Å². The third kappa shape index (κ3) is 18.9. The average Bonchev–Trinajstić information content (AvgIpc) is 2.46. The molecule has 0 aromatic rings. The van der Waals surface area contributed by atoms with Gasteiger partial charge in [0.1, 0.15) is 0 Å². The van der Waals surface area contributed by atoms with Gasteiger partial charge in [0.05, 0.1) is 0 Å². The Labute approximate surface area is 141 Å². The van der Waals surface area contributed by atoms with Crippen molar-refractivity contribution < 1.29 is 19.8 Å². The molecule has 0 bridgehead atoms. The van der Waals surface area contributed by atoms with Gasteiger partial charge in [-0.2, -0.15) is 0 Å². The van der Waals surface area contributed by atoms with E-state index in [2.05, 4.69) is 0 Å². The molecule has 0 saturated heterocycles. The topological polar surface area (TPSA) is 74.6 Å². The predicted molar refractivity (Wildman–Crippen MR) is 93.7 cm³/mol. The summed E-state index contributed by atoms with van der Waals surface area (Å²) in [5, 5.41) is 17.2. The van der Waals surface area contributed by atoms with Crippen LogP contribution in [0.2, 0.25) is 0 Å². The van der Waals surface area contributed by atoms with Crippen molar-refractivity contribution in [2.75, 3.05) is 0 Å². The molecule has 136 valence electrons. The van der Waals surface area contributed by atoms with Crippen LogP contribution in [-0.2, 0) is 9.59 Å². The highest BCUT2D eigenvalue weighted by atomic mass is 16.4. The SMILES string of the molecule is CC(CCCCCCCCCCCCCCC(=O)O)CC(=O)O. The van der Waals surface area contributed by atoms with Crippen LogP contribution >= 0.6 is 0 Å². The minimum Gasteiger partial charge on any atom is -0.481 e. The molecule has 0 spiro atoms. The second kappa shape index (κ2) is 15.8. The van der Waals surface area contributed by atoms with Crippen molar-refractivity contribution >= 4 is 11.9 Å². The number of hydrogen-bond acceptors (Lipinski definition) is 2. The van der Waals surface area contributed by atoms with Crippen molar-refractivity contribution in [2.45, 2.75) is 103 Å². The van der Waals surface area contributed by atoms with E-state index >= 15 is 0 Å². The number of carboxylic acids is 2. The molecule has 0 aliphatic carbocycles. The molecule has 1 atom stereocenters. The fourth-order valence-corrected chi connectivity index (χ4v) is 2.94. The molecule has 0 aliphatic heterocycles. The van der Waals surface area contributed by atoms with E-state index in [0.717, 1.165) is 25.7 Å². The molecule has 4 heteroatoms. The second-order valence-electron chi connectivity index (χ2n) is 6.88. The van der Waals surface area contributed by atoms with E-state index in [1.165, 1.54) is 57.8 Å². The van der Waals surface area contributed by atoms with Crippen molar-refractivity contribution in [3.05, 3.63) is 0 Å². The molecule has 1 unspecified atom stereocenters. The summed E-state index contributed by atoms with van der Waals surface area (Å²) >= 11 is 0. The second-order valence-corrected chi connectivity index (χ2v) is 6.88. The molecule has 0 rings (SSSR count). The monoisotopic (exact) mass is 328 g/mol. The Balaban J connectivity index is 3.10. The van der Waals surface area contributed by atoms with E-state index in [-0.39, 0.29) is 0 Å². The first-order valence-electron chi connectivity index (χ1n) is 9.46.